The van der Waals surface area contributed by atoms with Crippen LogP contribution in [0.5, 0.6) is 0 Å². The lowest BCUT2D eigenvalue weighted by Gasteiger charge is -2.31. The number of nitrogens with one attached hydrogen (secondary N) is 1. The molecule has 0 aromatic carbocycles. The summed E-state index contributed by atoms with van der Waals surface area (Å²) in [5.74, 6) is 1.06. The predicted octanol–water partition coefficient (Wildman–Crippen LogP) is 2.45. The van der Waals surface area contributed by atoms with Gasteiger partial charge in [0.15, 0.2) is 0 Å². The van der Waals surface area contributed by atoms with Crippen molar-refractivity contribution in [1.29, 1.82) is 0 Å². The Kier molecular flexibility index (Phi) is 6.86. The van der Waals surface area contributed by atoms with Crippen molar-refractivity contribution in [2.24, 2.45) is 17.6 Å². The van der Waals surface area contributed by atoms with Gasteiger partial charge in [0.2, 0.25) is 5.91 Å². The smallest absolute Gasteiger partial charge is 0.236 e. The zero-order valence-electron chi connectivity index (χ0n) is 13.8. The molecule has 3 N–H and O–H groups in total. The maximum absolute atomic E-state index is 12.0. The zero-order valence-corrected chi connectivity index (χ0v) is 14.6. The number of rotatable bonds is 7. The first kappa shape index (κ1) is 17.4. The van der Waals surface area contributed by atoms with E-state index >= 15 is 0 Å². The largest absolute Gasteiger partial charge is 0.354 e. The standard InChI is InChI=1S/C17H29N3OS/c1-13(2)10-16(18)17(21)19-11-14-5-7-20(8-6-14)12-15-4-3-9-22-15/h3-4,9,13-14,16H,5-8,10-12,18H2,1-2H3,(H,19,21)/t16-/m0/s1. The summed E-state index contributed by atoms with van der Waals surface area (Å²) >= 11 is 1.83. The van der Waals surface area contributed by atoms with Crippen LogP contribution in [-0.4, -0.2) is 36.5 Å². The molecule has 4 nitrogen and oxygen atoms in total. The average molecular weight is 324 g/mol. The van der Waals surface area contributed by atoms with Gasteiger partial charge >= 0.3 is 0 Å². The molecule has 1 atom stereocenters. The van der Waals surface area contributed by atoms with Gasteiger partial charge in [0.25, 0.3) is 0 Å². The third-order valence-electron chi connectivity index (χ3n) is 4.29. The molecule has 5 heteroatoms. The van der Waals surface area contributed by atoms with Gasteiger partial charge in [0, 0.05) is 18.0 Å². The Morgan fingerprint density at radius 3 is 2.77 bits per heavy atom. The third-order valence-corrected chi connectivity index (χ3v) is 5.15. The number of carbonyl (C=O) groups is 1. The van der Waals surface area contributed by atoms with Gasteiger partial charge in [-0.2, -0.15) is 0 Å². The Morgan fingerprint density at radius 1 is 1.45 bits per heavy atom. The number of nitrogens with two attached hydrogens (primary N) is 1. The van der Waals surface area contributed by atoms with Crippen molar-refractivity contribution in [3.05, 3.63) is 22.4 Å². The predicted molar refractivity (Wildman–Crippen MR) is 92.8 cm³/mol. The second kappa shape index (κ2) is 8.65. The first-order chi connectivity index (χ1) is 10.5. The Bertz CT molecular complexity index is 439. The van der Waals surface area contributed by atoms with Crippen LogP contribution in [0.15, 0.2) is 17.5 Å². The Balaban J connectivity index is 1.64. The van der Waals surface area contributed by atoms with Crippen molar-refractivity contribution in [2.75, 3.05) is 19.6 Å². The maximum Gasteiger partial charge on any atom is 0.236 e. The minimum absolute atomic E-state index is 0.00900. The van der Waals surface area contributed by atoms with Crippen LogP contribution in [0.3, 0.4) is 0 Å². The van der Waals surface area contributed by atoms with E-state index in [-0.39, 0.29) is 11.9 Å². The van der Waals surface area contributed by atoms with Crippen LogP contribution in [0.2, 0.25) is 0 Å². The molecule has 1 amide bonds. The van der Waals surface area contributed by atoms with Crippen LogP contribution in [0, 0.1) is 11.8 Å². The molecule has 0 unspecified atom stereocenters. The lowest BCUT2D eigenvalue weighted by Crippen LogP contribution is -2.44. The number of hydrogen-bond donors (Lipinski definition) is 2. The van der Waals surface area contributed by atoms with Gasteiger partial charge in [-0.15, -0.1) is 11.3 Å². The number of hydrogen-bond acceptors (Lipinski definition) is 4. The van der Waals surface area contributed by atoms with E-state index in [1.54, 1.807) is 0 Å². The molecule has 0 bridgehead atoms. The molecule has 2 heterocycles. The molecule has 1 aliphatic rings. The summed E-state index contributed by atoms with van der Waals surface area (Å²) in [6, 6.07) is 3.95. The second-order valence-corrected chi connectivity index (χ2v) is 7.81. The lowest BCUT2D eigenvalue weighted by molar-refractivity contribution is -0.122. The molecule has 2 rings (SSSR count). The Hall–Kier alpha value is -0.910. The highest BCUT2D eigenvalue weighted by Gasteiger charge is 2.21. The molecule has 0 radical (unpaired) electrons. The van der Waals surface area contributed by atoms with Gasteiger partial charge in [0.05, 0.1) is 6.04 Å². The summed E-state index contributed by atoms with van der Waals surface area (Å²) < 4.78 is 0. The second-order valence-electron chi connectivity index (χ2n) is 6.78. The van der Waals surface area contributed by atoms with Gasteiger partial charge < -0.3 is 11.1 Å². The number of carbonyl (C=O) groups excluding carboxylic acids is 1. The minimum Gasteiger partial charge on any atom is -0.354 e. The first-order valence-corrected chi connectivity index (χ1v) is 9.20. The molecule has 0 saturated carbocycles. The molecule has 124 valence electrons. The molecule has 1 aromatic heterocycles. The van der Waals surface area contributed by atoms with Gasteiger partial charge in [0.1, 0.15) is 0 Å². The fourth-order valence-electron chi connectivity index (χ4n) is 2.96. The minimum atomic E-state index is -0.362. The van der Waals surface area contributed by atoms with Crippen LogP contribution in [0.25, 0.3) is 0 Å². The normalized spacial score (nSPS) is 18.5. The van der Waals surface area contributed by atoms with Crippen LogP contribution in [0.1, 0.15) is 38.0 Å². The maximum atomic E-state index is 12.0. The Morgan fingerprint density at radius 2 is 2.18 bits per heavy atom. The summed E-state index contributed by atoms with van der Waals surface area (Å²) in [5, 5.41) is 5.17. The lowest BCUT2D eigenvalue weighted by atomic mass is 9.96. The highest BCUT2D eigenvalue weighted by molar-refractivity contribution is 7.09. The molecule has 1 aliphatic heterocycles. The number of piperidine rings is 1. The molecule has 0 aliphatic carbocycles. The van der Waals surface area contributed by atoms with Crippen LogP contribution < -0.4 is 11.1 Å². The molecule has 1 fully saturated rings. The van der Waals surface area contributed by atoms with E-state index in [0.29, 0.717) is 11.8 Å². The number of thiophene rings is 1. The van der Waals surface area contributed by atoms with E-state index in [1.165, 1.54) is 4.88 Å². The highest BCUT2D eigenvalue weighted by atomic mass is 32.1. The van der Waals surface area contributed by atoms with E-state index in [1.807, 2.05) is 11.3 Å². The SMILES string of the molecule is CC(C)C[C@H](N)C(=O)NCC1CCN(Cc2cccs2)CC1. The van der Waals surface area contributed by atoms with Crippen molar-refractivity contribution in [3.63, 3.8) is 0 Å². The zero-order chi connectivity index (χ0) is 15.9. The molecule has 1 aromatic rings. The number of likely N-dealkylation sites (tertiary alicyclic amines) is 1. The van der Waals surface area contributed by atoms with Crippen molar-refractivity contribution < 1.29 is 4.79 Å². The summed E-state index contributed by atoms with van der Waals surface area (Å²) in [5.41, 5.74) is 5.91. The fourth-order valence-corrected chi connectivity index (χ4v) is 3.71. The molecular weight excluding hydrogens is 294 g/mol. The van der Waals surface area contributed by atoms with Crippen LogP contribution in [-0.2, 0) is 11.3 Å². The van der Waals surface area contributed by atoms with E-state index in [0.717, 1.165) is 45.4 Å². The third kappa shape index (κ3) is 5.71. The fraction of sp³-hybridized carbons (Fsp3) is 0.706. The highest BCUT2D eigenvalue weighted by Crippen LogP contribution is 2.20. The average Bonchev–Trinajstić information content (AvgIpc) is 2.98. The van der Waals surface area contributed by atoms with Gasteiger partial charge in [-0.1, -0.05) is 19.9 Å². The van der Waals surface area contributed by atoms with Gasteiger partial charge in [-0.25, -0.2) is 0 Å². The van der Waals surface area contributed by atoms with E-state index < -0.39 is 0 Å². The van der Waals surface area contributed by atoms with Gasteiger partial charge in [-0.3, -0.25) is 9.69 Å². The molecular formula is C17H29N3OS. The number of amides is 1. The van der Waals surface area contributed by atoms with Crippen molar-refractivity contribution in [2.45, 2.75) is 45.7 Å². The monoisotopic (exact) mass is 323 g/mol. The summed E-state index contributed by atoms with van der Waals surface area (Å²) in [7, 11) is 0. The first-order valence-electron chi connectivity index (χ1n) is 8.32. The van der Waals surface area contributed by atoms with E-state index in [2.05, 4.69) is 41.6 Å². The molecule has 1 saturated heterocycles. The van der Waals surface area contributed by atoms with E-state index in [4.69, 9.17) is 5.73 Å². The summed E-state index contributed by atoms with van der Waals surface area (Å²) in [6.07, 6.45) is 3.07. The number of nitrogens with zero attached hydrogens (tertiary/aromatic N) is 1. The quantitative estimate of drug-likeness (QED) is 0.810. The molecule has 0 spiro atoms. The summed E-state index contributed by atoms with van der Waals surface area (Å²) in [4.78, 5) is 15.9. The van der Waals surface area contributed by atoms with Crippen molar-refractivity contribution in [1.82, 2.24) is 10.2 Å². The van der Waals surface area contributed by atoms with Crippen LogP contribution in [0.4, 0.5) is 0 Å². The van der Waals surface area contributed by atoms with E-state index in [9.17, 15) is 4.79 Å². The topological polar surface area (TPSA) is 58.4 Å². The van der Waals surface area contributed by atoms with Crippen molar-refractivity contribution >= 4 is 17.2 Å². The van der Waals surface area contributed by atoms with Gasteiger partial charge in [-0.05, 0) is 55.6 Å². The van der Waals surface area contributed by atoms with Crippen LogP contribution >= 0.6 is 11.3 Å². The molecule has 22 heavy (non-hydrogen) atoms. The summed E-state index contributed by atoms with van der Waals surface area (Å²) in [6.45, 7) is 8.27. The Labute approximate surface area is 138 Å². The van der Waals surface area contributed by atoms with Crippen molar-refractivity contribution in [3.8, 4) is 0 Å².